The van der Waals surface area contributed by atoms with Crippen LogP contribution in [0, 0.1) is 0 Å². The summed E-state index contributed by atoms with van der Waals surface area (Å²) in [5, 5.41) is 5.58. The van der Waals surface area contributed by atoms with Gasteiger partial charge >= 0.3 is 6.16 Å². The SMILES string of the molecule is CCOC(=O)Oc1ccc(C(=O)Nc2ccc(CNC(=O)C=C(C)C)cc2)cc1. The van der Waals surface area contributed by atoms with E-state index in [-0.39, 0.29) is 18.4 Å². The minimum atomic E-state index is -0.790. The number of hydrogen-bond acceptors (Lipinski definition) is 5. The van der Waals surface area contributed by atoms with Crippen molar-refractivity contribution in [2.45, 2.75) is 27.3 Å². The number of carbonyl (C=O) groups excluding carboxylic acids is 3. The highest BCUT2D eigenvalue weighted by atomic mass is 16.7. The zero-order chi connectivity index (χ0) is 21.2. The molecule has 0 saturated carbocycles. The Labute approximate surface area is 169 Å². The molecule has 152 valence electrons. The third-order valence-electron chi connectivity index (χ3n) is 3.68. The Morgan fingerprint density at radius 2 is 1.62 bits per heavy atom. The molecule has 2 aromatic rings. The number of allylic oxidation sites excluding steroid dienone is 1. The van der Waals surface area contributed by atoms with E-state index in [4.69, 9.17) is 9.47 Å². The molecule has 2 rings (SSSR count). The quantitative estimate of drug-likeness (QED) is 0.418. The molecule has 0 aliphatic carbocycles. The number of ether oxygens (including phenoxy) is 2. The average molecular weight is 396 g/mol. The Hall–Kier alpha value is -3.61. The zero-order valence-corrected chi connectivity index (χ0v) is 16.7. The van der Waals surface area contributed by atoms with Crippen LogP contribution in [-0.4, -0.2) is 24.6 Å². The standard InChI is InChI=1S/C22H24N2O5/c1-4-28-22(27)29-19-11-7-17(8-12-19)21(26)24-18-9-5-16(6-10-18)14-23-20(25)13-15(2)3/h5-13H,4,14H2,1-3H3,(H,23,25)(H,24,26). The van der Waals surface area contributed by atoms with Crippen molar-refractivity contribution in [1.82, 2.24) is 5.32 Å². The Kier molecular flexibility index (Phi) is 7.97. The van der Waals surface area contributed by atoms with E-state index < -0.39 is 6.16 Å². The molecule has 0 unspecified atom stereocenters. The van der Waals surface area contributed by atoms with Gasteiger partial charge in [0.05, 0.1) is 6.61 Å². The fourth-order valence-corrected chi connectivity index (χ4v) is 2.33. The van der Waals surface area contributed by atoms with E-state index >= 15 is 0 Å². The summed E-state index contributed by atoms with van der Waals surface area (Å²) in [5.74, 6) is -0.144. The number of hydrogen-bond donors (Lipinski definition) is 2. The van der Waals surface area contributed by atoms with Crippen LogP contribution in [0.15, 0.2) is 60.2 Å². The molecule has 0 saturated heterocycles. The minimum absolute atomic E-state index is 0.141. The molecule has 7 heteroatoms. The van der Waals surface area contributed by atoms with E-state index in [9.17, 15) is 14.4 Å². The van der Waals surface area contributed by atoms with Gasteiger partial charge in [-0.3, -0.25) is 9.59 Å². The van der Waals surface area contributed by atoms with Crippen molar-refractivity contribution >= 4 is 23.7 Å². The van der Waals surface area contributed by atoms with Gasteiger partial charge in [0.15, 0.2) is 0 Å². The second kappa shape index (κ2) is 10.7. The first-order valence-electron chi connectivity index (χ1n) is 9.15. The Morgan fingerprint density at radius 1 is 0.966 bits per heavy atom. The van der Waals surface area contributed by atoms with Gasteiger partial charge < -0.3 is 20.1 Å². The van der Waals surface area contributed by atoms with Gasteiger partial charge in [-0.2, -0.15) is 0 Å². The molecule has 0 bridgehead atoms. The molecule has 0 aliphatic heterocycles. The molecule has 0 heterocycles. The van der Waals surface area contributed by atoms with Gasteiger partial charge in [-0.15, -0.1) is 0 Å². The summed E-state index contributed by atoms with van der Waals surface area (Å²) < 4.78 is 9.65. The van der Waals surface area contributed by atoms with Crippen LogP contribution in [0.2, 0.25) is 0 Å². The molecule has 2 amide bonds. The highest BCUT2D eigenvalue weighted by Crippen LogP contribution is 2.15. The van der Waals surface area contributed by atoms with E-state index in [1.165, 1.54) is 18.2 Å². The molecular formula is C22H24N2O5. The fourth-order valence-electron chi connectivity index (χ4n) is 2.33. The van der Waals surface area contributed by atoms with Crippen molar-refractivity contribution in [1.29, 1.82) is 0 Å². The fraction of sp³-hybridized carbons (Fsp3) is 0.227. The van der Waals surface area contributed by atoms with Gasteiger partial charge in [-0.25, -0.2) is 4.79 Å². The third-order valence-corrected chi connectivity index (χ3v) is 3.68. The van der Waals surface area contributed by atoms with Crippen LogP contribution in [0.3, 0.4) is 0 Å². The van der Waals surface area contributed by atoms with E-state index in [2.05, 4.69) is 10.6 Å². The maximum atomic E-state index is 12.3. The van der Waals surface area contributed by atoms with Crippen LogP contribution in [0.4, 0.5) is 10.5 Å². The van der Waals surface area contributed by atoms with Crippen LogP contribution >= 0.6 is 0 Å². The minimum Gasteiger partial charge on any atom is -0.434 e. The molecule has 0 atom stereocenters. The van der Waals surface area contributed by atoms with Crippen LogP contribution < -0.4 is 15.4 Å². The lowest BCUT2D eigenvalue weighted by molar-refractivity contribution is -0.116. The smallest absolute Gasteiger partial charge is 0.434 e. The Morgan fingerprint density at radius 3 is 2.21 bits per heavy atom. The molecule has 0 spiro atoms. The summed E-state index contributed by atoms with van der Waals surface area (Å²) in [4.78, 5) is 35.3. The third kappa shape index (κ3) is 7.50. The van der Waals surface area contributed by atoms with Gasteiger partial charge in [-0.05, 0) is 62.7 Å². The predicted octanol–water partition coefficient (Wildman–Crippen LogP) is 4.06. The Bertz CT molecular complexity index is 882. The van der Waals surface area contributed by atoms with Crippen LogP contribution in [0.25, 0.3) is 0 Å². The number of amides is 2. The molecule has 2 aromatic carbocycles. The van der Waals surface area contributed by atoms with Gasteiger partial charge in [-0.1, -0.05) is 17.7 Å². The molecule has 2 N–H and O–H groups in total. The maximum Gasteiger partial charge on any atom is 0.513 e. The van der Waals surface area contributed by atoms with Gasteiger partial charge in [0.25, 0.3) is 5.91 Å². The van der Waals surface area contributed by atoms with Gasteiger partial charge in [0.1, 0.15) is 5.75 Å². The molecule has 0 radical (unpaired) electrons. The molecular weight excluding hydrogens is 372 g/mol. The summed E-state index contributed by atoms with van der Waals surface area (Å²) >= 11 is 0. The number of carbonyl (C=O) groups is 3. The summed E-state index contributed by atoms with van der Waals surface area (Å²) in [6.45, 7) is 6.02. The first kappa shape index (κ1) is 21.7. The normalized spacial score (nSPS) is 9.90. The lowest BCUT2D eigenvalue weighted by atomic mass is 10.1. The van der Waals surface area contributed by atoms with E-state index in [1.807, 2.05) is 26.0 Å². The van der Waals surface area contributed by atoms with E-state index in [0.717, 1.165) is 11.1 Å². The number of nitrogens with one attached hydrogen (secondary N) is 2. The van der Waals surface area contributed by atoms with Crippen molar-refractivity contribution in [3.8, 4) is 5.75 Å². The summed E-state index contributed by atoms with van der Waals surface area (Å²) in [6, 6.07) is 13.3. The van der Waals surface area contributed by atoms with Crippen molar-refractivity contribution in [2.24, 2.45) is 0 Å². The number of rotatable bonds is 7. The molecule has 7 nitrogen and oxygen atoms in total. The largest absolute Gasteiger partial charge is 0.513 e. The lowest BCUT2D eigenvalue weighted by Crippen LogP contribution is -2.20. The summed E-state index contributed by atoms with van der Waals surface area (Å²) in [7, 11) is 0. The highest BCUT2D eigenvalue weighted by Gasteiger charge is 2.09. The number of anilines is 1. The first-order chi connectivity index (χ1) is 13.9. The topological polar surface area (TPSA) is 93.7 Å². The molecule has 0 fully saturated rings. The predicted molar refractivity (Wildman–Crippen MR) is 110 cm³/mol. The first-order valence-corrected chi connectivity index (χ1v) is 9.15. The van der Waals surface area contributed by atoms with Crippen LogP contribution in [-0.2, 0) is 16.1 Å². The van der Waals surface area contributed by atoms with Crippen molar-refractivity contribution in [2.75, 3.05) is 11.9 Å². The molecule has 0 aromatic heterocycles. The van der Waals surface area contributed by atoms with Crippen molar-refractivity contribution < 1.29 is 23.9 Å². The summed E-state index contributed by atoms with van der Waals surface area (Å²) in [5.41, 5.74) is 2.89. The van der Waals surface area contributed by atoms with Crippen LogP contribution in [0.1, 0.15) is 36.7 Å². The van der Waals surface area contributed by atoms with Crippen molar-refractivity contribution in [3.05, 3.63) is 71.3 Å². The zero-order valence-electron chi connectivity index (χ0n) is 16.7. The van der Waals surface area contributed by atoms with Gasteiger partial charge in [0.2, 0.25) is 5.91 Å². The van der Waals surface area contributed by atoms with Crippen LogP contribution in [0.5, 0.6) is 5.75 Å². The number of benzene rings is 2. The Balaban J connectivity index is 1.89. The highest BCUT2D eigenvalue weighted by molar-refractivity contribution is 6.04. The lowest BCUT2D eigenvalue weighted by Gasteiger charge is -2.08. The molecule has 29 heavy (non-hydrogen) atoms. The monoisotopic (exact) mass is 396 g/mol. The van der Waals surface area contributed by atoms with E-state index in [0.29, 0.717) is 23.5 Å². The van der Waals surface area contributed by atoms with Crippen molar-refractivity contribution in [3.63, 3.8) is 0 Å². The van der Waals surface area contributed by atoms with Gasteiger partial charge in [0, 0.05) is 23.9 Å². The summed E-state index contributed by atoms with van der Waals surface area (Å²) in [6.07, 6.45) is 0.749. The maximum absolute atomic E-state index is 12.3. The second-order valence-electron chi connectivity index (χ2n) is 6.40. The second-order valence-corrected chi connectivity index (χ2v) is 6.40. The average Bonchev–Trinajstić information content (AvgIpc) is 2.67. The van der Waals surface area contributed by atoms with E-state index in [1.54, 1.807) is 31.2 Å². The molecule has 0 aliphatic rings.